The monoisotopic (exact) mass is 532 g/mol. The van der Waals surface area contributed by atoms with E-state index in [4.69, 9.17) is 0 Å². The predicted octanol–water partition coefficient (Wildman–Crippen LogP) is 2.57. The van der Waals surface area contributed by atoms with Crippen LogP contribution in [0.15, 0.2) is 45.0 Å². The van der Waals surface area contributed by atoms with Crippen LogP contribution in [0.4, 0.5) is 26.3 Å². The van der Waals surface area contributed by atoms with Gasteiger partial charge in [-0.15, -0.1) is 0 Å². The highest BCUT2D eigenvalue weighted by Gasteiger charge is 2.63. The summed E-state index contributed by atoms with van der Waals surface area (Å²) < 4.78 is 171. The Labute approximate surface area is 176 Å². The van der Waals surface area contributed by atoms with E-state index in [1.807, 2.05) is 0 Å². The first kappa shape index (κ1) is 26.3. The second-order valence-electron chi connectivity index (χ2n) is 6.05. The van der Waals surface area contributed by atoms with Gasteiger partial charge in [-0.2, -0.15) is 42.8 Å². The Kier molecular flexibility index (Phi) is 6.65. The third kappa shape index (κ3) is 4.84. The zero-order valence-corrected chi connectivity index (χ0v) is 17.4. The van der Waals surface area contributed by atoms with Gasteiger partial charge in [-0.05, 0) is 11.5 Å². The summed E-state index contributed by atoms with van der Waals surface area (Å²) in [4.78, 5) is -5.57. The van der Waals surface area contributed by atoms with Crippen LogP contribution < -0.4 is 0 Å². The highest BCUT2D eigenvalue weighted by Crippen LogP contribution is 2.41. The highest BCUT2D eigenvalue weighted by molar-refractivity contribution is 7.91. The van der Waals surface area contributed by atoms with Crippen molar-refractivity contribution in [2.24, 2.45) is 0 Å². The number of alkyl halides is 6. The summed E-state index contributed by atoms with van der Waals surface area (Å²) in [6.07, 6.45) is -4.94. The lowest BCUT2D eigenvalue weighted by atomic mass is 10.1. The maximum atomic E-state index is 13.5. The fourth-order valence-corrected chi connectivity index (χ4v) is 6.22. The van der Waals surface area contributed by atoms with E-state index in [2.05, 4.69) is 4.18 Å². The number of halogens is 6. The molecule has 0 spiro atoms. The number of fused-ring (bicyclic) bond motifs is 1. The molecule has 0 aliphatic rings. The van der Waals surface area contributed by atoms with Crippen molar-refractivity contribution in [2.75, 3.05) is 6.61 Å². The summed E-state index contributed by atoms with van der Waals surface area (Å²) in [6, 6.07) is 4.38. The third-order valence-electron chi connectivity index (χ3n) is 3.86. The molecule has 2 aromatic carbocycles. The van der Waals surface area contributed by atoms with Gasteiger partial charge in [-0.3, -0.25) is 13.3 Å². The van der Waals surface area contributed by atoms with Crippen LogP contribution in [0, 0.1) is 0 Å². The summed E-state index contributed by atoms with van der Waals surface area (Å²) in [5.41, 5.74) is 0. The molecule has 0 saturated heterocycles. The zero-order valence-electron chi connectivity index (χ0n) is 14.9. The van der Waals surface area contributed by atoms with Gasteiger partial charge in [0.2, 0.25) is 0 Å². The Morgan fingerprint density at radius 2 is 1.41 bits per heavy atom. The first-order chi connectivity index (χ1) is 14.2. The average Bonchev–Trinajstić information content (AvgIpc) is 2.63. The molecule has 32 heavy (non-hydrogen) atoms. The van der Waals surface area contributed by atoms with Crippen molar-refractivity contribution >= 4 is 41.1 Å². The van der Waals surface area contributed by atoms with Crippen molar-refractivity contribution < 1.29 is 64.9 Å². The summed E-state index contributed by atoms with van der Waals surface area (Å²) in [6.45, 7) is -2.91. The van der Waals surface area contributed by atoms with Gasteiger partial charge in [0.1, 0.15) is 21.3 Å². The molecule has 0 unspecified atom stereocenters. The van der Waals surface area contributed by atoms with Gasteiger partial charge >= 0.3 is 18.3 Å². The lowest BCUT2D eigenvalue weighted by Gasteiger charge is -2.25. The van der Waals surface area contributed by atoms with Gasteiger partial charge in [-0.1, -0.05) is 24.3 Å². The number of hydrogen-bond acceptors (Lipinski definition) is 7. The smallest absolute Gasteiger partial charge is 0.282 e. The lowest BCUT2D eigenvalue weighted by molar-refractivity contribution is -0.271. The Balaban J connectivity index is 2.85. The molecule has 0 bridgehead atoms. The molecule has 180 valence electrons. The Morgan fingerprint density at radius 3 is 1.88 bits per heavy atom. The van der Waals surface area contributed by atoms with Crippen molar-refractivity contribution in [2.45, 2.75) is 33.0 Å². The molecular weight excluding hydrogens is 522 g/mol. The average molecular weight is 532 g/mol. The fraction of sp³-hybridized carbons (Fsp3) is 0.286. The van der Waals surface area contributed by atoms with E-state index in [-0.39, 0.29) is 0 Å². The van der Waals surface area contributed by atoms with Crippen LogP contribution >= 0.6 is 0 Å². The first-order valence-electron chi connectivity index (χ1n) is 7.67. The number of hydrogen-bond donors (Lipinski definition) is 2. The van der Waals surface area contributed by atoms with Crippen molar-refractivity contribution in [3.05, 3.63) is 30.3 Å². The molecule has 18 heteroatoms. The Bertz CT molecular complexity index is 1370. The van der Waals surface area contributed by atoms with Crippen molar-refractivity contribution in [3.63, 3.8) is 0 Å². The second-order valence-corrected chi connectivity index (χ2v) is 10.3. The van der Waals surface area contributed by atoms with Gasteiger partial charge in [0.15, 0.2) is 0 Å². The minimum atomic E-state index is -6.06. The molecule has 0 heterocycles. The van der Waals surface area contributed by atoms with E-state index in [1.165, 1.54) is 0 Å². The molecule has 2 N–H and O–H groups in total. The van der Waals surface area contributed by atoms with Crippen LogP contribution in [0.5, 0.6) is 0 Å². The Hall–Kier alpha value is -1.99. The molecule has 0 aliphatic heterocycles. The molecule has 0 fully saturated rings. The zero-order chi connectivity index (χ0) is 24.9. The first-order valence-corrected chi connectivity index (χ1v) is 12.0. The summed E-state index contributed by atoms with van der Waals surface area (Å²) in [5.74, 6) is -11.9. The van der Waals surface area contributed by atoms with E-state index in [0.29, 0.717) is 6.07 Å². The summed E-state index contributed by atoms with van der Waals surface area (Å²) >= 11 is 0. The van der Waals surface area contributed by atoms with Crippen LogP contribution in [0.3, 0.4) is 0 Å². The van der Waals surface area contributed by atoms with E-state index >= 15 is 0 Å². The predicted molar refractivity (Wildman–Crippen MR) is 92.6 cm³/mol. The molecule has 0 aliphatic carbocycles. The van der Waals surface area contributed by atoms with Crippen LogP contribution in [0.1, 0.15) is 0 Å². The molecular formula is C14H10F6O9S3. The Morgan fingerprint density at radius 1 is 0.875 bits per heavy atom. The van der Waals surface area contributed by atoms with Gasteiger partial charge in [0.05, 0.1) is 0 Å². The molecule has 0 radical (unpaired) electrons. The SMILES string of the molecule is O=S(=O)(O)c1cc2ccccc2c(S(=O)(=O)OCC(F)(F)C(F)(F)C(F)F)c1S(=O)(=O)O. The fourth-order valence-electron chi connectivity index (χ4n) is 2.42. The molecule has 0 atom stereocenters. The standard InChI is InChI=1S/C14H10F6O9S3/c15-12(16)14(19,20)13(17,18)6-29-32(27,28)10-8-4-2-1-3-7(8)5-9(30(21,22)23)11(10)31(24,25)26/h1-5,12H,6H2,(H,21,22,23)(H,24,25,26). The van der Waals surface area contributed by atoms with Crippen molar-refractivity contribution in [3.8, 4) is 0 Å². The van der Waals surface area contributed by atoms with Crippen LogP contribution in [-0.2, 0) is 34.5 Å². The van der Waals surface area contributed by atoms with E-state index in [0.717, 1.165) is 24.3 Å². The third-order valence-corrected chi connectivity index (χ3v) is 7.29. The van der Waals surface area contributed by atoms with E-state index in [1.54, 1.807) is 0 Å². The molecule has 2 rings (SSSR count). The molecule has 0 amide bonds. The van der Waals surface area contributed by atoms with Crippen LogP contribution in [0.25, 0.3) is 10.8 Å². The van der Waals surface area contributed by atoms with Crippen molar-refractivity contribution in [1.29, 1.82) is 0 Å². The molecule has 0 aromatic heterocycles. The number of rotatable bonds is 8. The lowest BCUT2D eigenvalue weighted by Crippen LogP contribution is -2.49. The van der Waals surface area contributed by atoms with E-state index < -0.39 is 80.7 Å². The molecule has 9 nitrogen and oxygen atoms in total. The second kappa shape index (κ2) is 8.10. The van der Waals surface area contributed by atoms with Gasteiger partial charge in [-0.25, -0.2) is 8.78 Å². The quantitative estimate of drug-likeness (QED) is 0.297. The van der Waals surface area contributed by atoms with Gasteiger partial charge in [0, 0.05) is 5.39 Å². The number of benzene rings is 2. The highest BCUT2D eigenvalue weighted by atomic mass is 32.2. The minimum absolute atomic E-state index is 0.409. The molecule has 0 saturated carbocycles. The van der Waals surface area contributed by atoms with Gasteiger partial charge < -0.3 is 0 Å². The van der Waals surface area contributed by atoms with Crippen molar-refractivity contribution in [1.82, 2.24) is 0 Å². The van der Waals surface area contributed by atoms with E-state index in [9.17, 15) is 60.7 Å². The largest absolute Gasteiger partial charge is 0.371 e. The van der Waals surface area contributed by atoms with Gasteiger partial charge in [0.25, 0.3) is 30.4 Å². The molecule has 2 aromatic rings. The van der Waals surface area contributed by atoms with Crippen LogP contribution in [0.2, 0.25) is 0 Å². The maximum Gasteiger partial charge on any atom is 0.371 e. The topological polar surface area (TPSA) is 152 Å². The maximum absolute atomic E-state index is 13.5. The van der Waals surface area contributed by atoms with Crippen LogP contribution in [-0.4, -0.2) is 59.2 Å². The summed E-state index contributed by atoms with van der Waals surface area (Å²) in [7, 11) is -17.4. The minimum Gasteiger partial charge on any atom is -0.282 e. The summed E-state index contributed by atoms with van der Waals surface area (Å²) in [5, 5.41) is -1.21. The normalized spacial score (nSPS) is 14.3.